The standard InChI is InChI=1S/C18H30O2S/c1-4-17-11-13-18(14-12-17)10-8-6-5-7-9-15-21(19,20)16(2)3/h11-14,16H,4-10,15H2,1-3H3. The summed E-state index contributed by atoms with van der Waals surface area (Å²) in [4.78, 5) is 0. The minimum absolute atomic E-state index is 0.233. The van der Waals surface area contributed by atoms with Crippen molar-refractivity contribution in [3.8, 4) is 0 Å². The van der Waals surface area contributed by atoms with Gasteiger partial charge in [0.25, 0.3) is 0 Å². The molecule has 120 valence electrons. The van der Waals surface area contributed by atoms with Crippen molar-refractivity contribution in [3.63, 3.8) is 0 Å². The van der Waals surface area contributed by atoms with E-state index in [4.69, 9.17) is 0 Å². The average molecular weight is 311 g/mol. The van der Waals surface area contributed by atoms with Crippen LogP contribution < -0.4 is 0 Å². The predicted molar refractivity (Wildman–Crippen MR) is 91.5 cm³/mol. The van der Waals surface area contributed by atoms with Crippen molar-refractivity contribution in [1.29, 1.82) is 0 Å². The molecular formula is C18H30O2S. The second-order valence-corrected chi connectivity index (χ2v) is 8.78. The van der Waals surface area contributed by atoms with Crippen molar-refractivity contribution in [2.75, 3.05) is 5.75 Å². The van der Waals surface area contributed by atoms with Gasteiger partial charge in [-0.15, -0.1) is 0 Å². The lowest BCUT2D eigenvalue weighted by atomic mass is 10.0. The van der Waals surface area contributed by atoms with E-state index in [0.717, 1.165) is 32.1 Å². The van der Waals surface area contributed by atoms with Crippen LogP contribution in [0.3, 0.4) is 0 Å². The minimum atomic E-state index is -2.84. The van der Waals surface area contributed by atoms with Gasteiger partial charge in [0, 0.05) is 0 Å². The van der Waals surface area contributed by atoms with Gasteiger partial charge in [-0.2, -0.15) is 0 Å². The van der Waals surface area contributed by atoms with Crippen molar-refractivity contribution in [2.45, 2.75) is 71.0 Å². The first-order valence-corrected chi connectivity index (χ1v) is 9.96. The molecule has 0 saturated heterocycles. The zero-order valence-electron chi connectivity index (χ0n) is 13.8. The van der Waals surface area contributed by atoms with Gasteiger partial charge < -0.3 is 0 Å². The van der Waals surface area contributed by atoms with Gasteiger partial charge in [-0.05, 0) is 50.7 Å². The van der Waals surface area contributed by atoms with Gasteiger partial charge in [0.15, 0.2) is 9.84 Å². The summed E-state index contributed by atoms with van der Waals surface area (Å²) in [5.41, 5.74) is 2.81. The van der Waals surface area contributed by atoms with Crippen molar-refractivity contribution in [1.82, 2.24) is 0 Å². The van der Waals surface area contributed by atoms with Crippen molar-refractivity contribution < 1.29 is 8.42 Å². The van der Waals surface area contributed by atoms with Crippen LogP contribution in [0.15, 0.2) is 24.3 Å². The third-order valence-corrected chi connectivity index (χ3v) is 6.34. The van der Waals surface area contributed by atoms with E-state index in [1.807, 2.05) is 0 Å². The third kappa shape index (κ3) is 7.12. The highest BCUT2D eigenvalue weighted by atomic mass is 32.2. The third-order valence-electron chi connectivity index (χ3n) is 4.04. The van der Waals surface area contributed by atoms with Crippen molar-refractivity contribution >= 4 is 9.84 Å². The van der Waals surface area contributed by atoms with Gasteiger partial charge in [-0.25, -0.2) is 8.42 Å². The molecule has 0 aromatic heterocycles. The summed E-state index contributed by atoms with van der Waals surface area (Å²) in [5, 5.41) is -0.233. The maximum atomic E-state index is 11.7. The molecule has 0 aliphatic rings. The number of sulfone groups is 1. The molecule has 0 heterocycles. The minimum Gasteiger partial charge on any atom is -0.229 e. The summed E-state index contributed by atoms with van der Waals surface area (Å²) in [5.74, 6) is 0.350. The Labute approximate surface area is 130 Å². The van der Waals surface area contributed by atoms with Crippen LogP contribution in [0.5, 0.6) is 0 Å². The molecule has 0 amide bonds. The maximum Gasteiger partial charge on any atom is 0.152 e. The highest BCUT2D eigenvalue weighted by Gasteiger charge is 2.14. The van der Waals surface area contributed by atoms with Crippen molar-refractivity contribution in [2.24, 2.45) is 0 Å². The Hall–Kier alpha value is -0.830. The molecule has 0 radical (unpaired) electrons. The number of rotatable bonds is 10. The van der Waals surface area contributed by atoms with E-state index in [2.05, 4.69) is 31.2 Å². The zero-order valence-corrected chi connectivity index (χ0v) is 14.6. The van der Waals surface area contributed by atoms with Crippen LogP contribution in [-0.2, 0) is 22.7 Å². The number of benzene rings is 1. The Morgan fingerprint density at radius 2 is 1.38 bits per heavy atom. The van der Waals surface area contributed by atoms with E-state index in [9.17, 15) is 8.42 Å². The van der Waals surface area contributed by atoms with Crippen LogP contribution in [0.2, 0.25) is 0 Å². The summed E-state index contributed by atoms with van der Waals surface area (Å²) >= 11 is 0. The summed E-state index contributed by atoms with van der Waals surface area (Å²) in [6.07, 6.45) is 7.60. The van der Waals surface area contributed by atoms with Gasteiger partial charge >= 0.3 is 0 Å². The summed E-state index contributed by atoms with van der Waals surface area (Å²) in [6.45, 7) is 5.70. The molecule has 1 aromatic rings. The number of aryl methyl sites for hydroxylation is 2. The van der Waals surface area contributed by atoms with E-state index in [-0.39, 0.29) is 5.25 Å². The van der Waals surface area contributed by atoms with Gasteiger partial charge in [-0.3, -0.25) is 0 Å². The molecular weight excluding hydrogens is 280 g/mol. The topological polar surface area (TPSA) is 34.1 Å². The van der Waals surface area contributed by atoms with E-state index in [1.54, 1.807) is 13.8 Å². The Bertz CT molecular complexity index is 486. The predicted octanol–water partition coefficient (Wildman–Crippen LogP) is 4.57. The zero-order chi connectivity index (χ0) is 15.7. The molecule has 0 saturated carbocycles. The van der Waals surface area contributed by atoms with E-state index in [1.165, 1.54) is 24.0 Å². The summed E-state index contributed by atoms with van der Waals surface area (Å²) in [6, 6.07) is 8.89. The first-order valence-electron chi connectivity index (χ1n) is 8.25. The molecule has 0 N–H and O–H groups in total. The normalized spacial score (nSPS) is 12.0. The van der Waals surface area contributed by atoms with Crippen LogP contribution in [0.25, 0.3) is 0 Å². The lowest BCUT2D eigenvalue weighted by molar-refractivity contribution is 0.577. The molecule has 2 nitrogen and oxygen atoms in total. The van der Waals surface area contributed by atoms with Gasteiger partial charge in [0.05, 0.1) is 11.0 Å². The molecule has 0 aliphatic heterocycles. The SMILES string of the molecule is CCc1ccc(CCCCCCCS(=O)(=O)C(C)C)cc1. The first-order chi connectivity index (χ1) is 9.95. The monoisotopic (exact) mass is 310 g/mol. The van der Waals surface area contributed by atoms with E-state index in [0.29, 0.717) is 5.75 Å². The average Bonchev–Trinajstić information content (AvgIpc) is 2.46. The van der Waals surface area contributed by atoms with Crippen LogP contribution in [0.1, 0.15) is 64.0 Å². The fourth-order valence-electron chi connectivity index (χ4n) is 2.34. The highest BCUT2D eigenvalue weighted by molar-refractivity contribution is 7.91. The Balaban J connectivity index is 2.09. The maximum absolute atomic E-state index is 11.7. The molecule has 0 bridgehead atoms. The van der Waals surface area contributed by atoms with Crippen molar-refractivity contribution in [3.05, 3.63) is 35.4 Å². The van der Waals surface area contributed by atoms with Crippen LogP contribution >= 0.6 is 0 Å². The van der Waals surface area contributed by atoms with Crippen LogP contribution in [0, 0.1) is 0 Å². The second kappa shape index (κ2) is 9.24. The molecule has 0 aliphatic carbocycles. The molecule has 1 rings (SSSR count). The number of unbranched alkanes of at least 4 members (excludes halogenated alkanes) is 4. The summed E-state index contributed by atoms with van der Waals surface area (Å²) < 4.78 is 23.3. The molecule has 0 fully saturated rings. The number of hydrogen-bond acceptors (Lipinski definition) is 2. The number of hydrogen-bond donors (Lipinski definition) is 0. The molecule has 1 aromatic carbocycles. The molecule has 0 unspecified atom stereocenters. The van der Waals surface area contributed by atoms with Gasteiger partial charge in [-0.1, -0.05) is 50.5 Å². The lowest BCUT2D eigenvalue weighted by Crippen LogP contribution is -2.17. The summed E-state index contributed by atoms with van der Waals surface area (Å²) in [7, 11) is -2.84. The quantitative estimate of drug-likeness (QED) is 0.593. The first kappa shape index (κ1) is 18.2. The Morgan fingerprint density at radius 1 is 0.857 bits per heavy atom. The Morgan fingerprint density at radius 3 is 1.95 bits per heavy atom. The smallest absolute Gasteiger partial charge is 0.152 e. The molecule has 3 heteroatoms. The van der Waals surface area contributed by atoms with E-state index < -0.39 is 9.84 Å². The fraction of sp³-hybridized carbons (Fsp3) is 0.667. The van der Waals surface area contributed by atoms with Crippen LogP contribution in [-0.4, -0.2) is 19.4 Å². The van der Waals surface area contributed by atoms with Crippen LogP contribution in [0.4, 0.5) is 0 Å². The largest absolute Gasteiger partial charge is 0.229 e. The van der Waals surface area contributed by atoms with E-state index >= 15 is 0 Å². The van der Waals surface area contributed by atoms with Gasteiger partial charge in [0.2, 0.25) is 0 Å². The highest BCUT2D eigenvalue weighted by Crippen LogP contribution is 2.12. The lowest BCUT2D eigenvalue weighted by Gasteiger charge is -2.07. The van der Waals surface area contributed by atoms with Gasteiger partial charge in [0.1, 0.15) is 0 Å². The molecule has 0 atom stereocenters. The fourth-order valence-corrected chi connectivity index (χ4v) is 3.42. The molecule has 21 heavy (non-hydrogen) atoms. The second-order valence-electron chi connectivity index (χ2n) is 6.10. The molecule has 0 spiro atoms. The Kier molecular flexibility index (Phi) is 8.02.